The molecule has 72 valence electrons. The third-order valence-electron chi connectivity index (χ3n) is 1.85. The van der Waals surface area contributed by atoms with E-state index in [1.807, 2.05) is 37.3 Å². The van der Waals surface area contributed by atoms with E-state index in [0.29, 0.717) is 0 Å². The molecule has 1 heteroatoms. The fourth-order valence-electron chi connectivity index (χ4n) is 1.16. The van der Waals surface area contributed by atoms with Gasteiger partial charge in [0.15, 0.2) is 0 Å². The van der Waals surface area contributed by atoms with Gasteiger partial charge in [-0.2, -0.15) is 0 Å². The van der Waals surface area contributed by atoms with Crippen LogP contribution >= 0.6 is 0 Å². The van der Waals surface area contributed by atoms with Crippen LogP contribution in [0.2, 0.25) is 0 Å². The van der Waals surface area contributed by atoms with Crippen molar-refractivity contribution in [2.24, 2.45) is 0 Å². The Morgan fingerprint density at radius 2 is 2.08 bits per heavy atom. The molecule has 0 saturated heterocycles. The van der Waals surface area contributed by atoms with Crippen LogP contribution in [0.5, 0.6) is 5.75 Å². The zero-order valence-electron chi connectivity index (χ0n) is 9.36. The number of ether oxygens (including phenoxy) is 1. The minimum Gasteiger partial charge on any atom is -0.491 e. The molecule has 1 aromatic rings. The second-order valence-electron chi connectivity index (χ2n) is 3.16. The first-order valence-electron chi connectivity index (χ1n) is 5.45. The SMILES string of the molecule is [2H][C@@H](CCC)[C@@H](C)Oc1ccccc1. The first-order chi connectivity index (χ1) is 6.74. The largest absolute Gasteiger partial charge is 0.491 e. The van der Waals surface area contributed by atoms with Crippen molar-refractivity contribution in [3.63, 3.8) is 0 Å². The molecule has 0 heterocycles. The summed E-state index contributed by atoms with van der Waals surface area (Å²) in [7, 11) is 0. The van der Waals surface area contributed by atoms with Gasteiger partial charge in [-0.25, -0.2) is 0 Å². The topological polar surface area (TPSA) is 9.23 Å². The molecule has 1 nitrogen and oxygen atoms in total. The summed E-state index contributed by atoms with van der Waals surface area (Å²) in [5.74, 6) is 0.855. The summed E-state index contributed by atoms with van der Waals surface area (Å²) in [6.45, 7) is 4.05. The van der Waals surface area contributed by atoms with Gasteiger partial charge in [-0.1, -0.05) is 38.0 Å². The van der Waals surface area contributed by atoms with Crippen molar-refractivity contribution in [3.8, 4) is 5.75 Å². The van der Waals surface area contributed by atoms with Gasteiger partial charge in [-0.05, 0) is 25.5 Å². The first kappa shape index (κ1) is 8.61. The van der Waals surface area contributed by atoms with Gasteiger partial charge in [-0.3, -0.25) is 0 Å². The Bertz CT molecular complexity index is 248. The maximum absolute atomic E-state index is 7.80. The maximum atomic E-state index is 7.80. The van der Waals surface area contributed by atoms with Crippen molar-refractivity contribution in [2.75, 3.05) is 0 Å². The van der Waals surface area contributed by atoms with Gasteiger partial charge in [0.05, 0.1) is 6.10 Å². The Labute approximate surface area is 82.1 Å². The van der Waals surface area contributed by atoms with Gasteiger partial charge in [0, 0.05) is 1.37 Å². The van der Waals surface area contributed by atoms with E-state index in [0.717, 1.165) is 18.6 Å². The molecule has 1 rings (SSSR count). The Hall–Kier alpha value is -0.980. The monoisotopic (exact) mass is 179 g/mol. The van der Waals surface area contributed by atoms with Crippen molar-refractivity contribution in [1.29, 1.82) is 0 Å². The molecule has 0 unspecified atom stereocenters. The highest BCUT2D eigenvalue weighted by molar-refractivity contribution is 5.21. The molecule has 1 aromatic carbocycles. The number of rotatable bonds is 5. The number of hydrogen-bond donors (Lipinski definition) is 0. The van der Waals surface area contributed by atoms with Crippen molar-refractivity contribution in [1.82, 2.24) is 0 Å². The van der Waals surface area contributed by atoms with E-state index in [9.17, 15) is 0 Å². The lowest BCUT2D eigenvalue weighted by atomic mass is 10.2. The summed E-state index contributed by atoms with van der Waals surface area (Å²) in [5.41, 5.74) is 0. The Morgan fingerprint density at radius 3 is 2.69 bits per heavy atom. The average Bonchev–Trinajstić information content (AvgIpc) is 2.19. The van der Waals surface area contributed by atoms with Crippen molar-refractivity contribution < 1.29 is 6.11 Å². The molecule has 0 bridgehead atoms. The van der Waals surface area contributed by atoms with Gasteiger partial charge in [0.2, 0.25) is 0 Å². The predicted octanol–water partition coefficient (Wildman–Crippen LogP) is 3.64. The van der Waals surface area contributed by atoms with E-state index in [1.165, 1.54) is 0 Å². The molecule has 0 fully saturated rings. The molecule has 0 N–H and O–H groups in total. The predicted molar refractivity (Wildman–Crippen MR) is 56.1 cm³/mol. The first-order valence-corrected chi connectivity index (χ1v) is 4.88. The van der Waals surface area contributed by atoms with Gasteiger partial charge in [0.1, 0.15) is 5.75 Å². The third-order valence-corrected chi connectivity index (χ3v) is 1.85. The summed E-state index contributed by atoms with van der Waals surface area (Å²) >= 11 is 0. The number of hydrogen-bond acceptors (Lipinski definition) is 1. The molecular formula is C12H18O. The molecule has 0 amide bonds. The minimum atomic E-state index is -0.125. The van der Waals surface area contributed by atoms with Crippen LogP contribution < -0.4 is 4.74 Å². The van der Waals surface area contributed by atoms with Crippen LogP contribution in [0.15, 0.2) is 30.3 Å². The van der Waals surface area contributed by atoms with Gasteiger partial charge < -0.3 is 4.74 Å². The minimum absolute atomic E-state index is 0.0302. The van der Waals surface area contributed by atoms with Gasteiger partial charge in [-0.15, -0.1) is 0 Å². The lowest BCUT2D eigenvalue weighted by Crippen LogP contribution is -2.11. The van der Waals surface area contributed by atoms with Crippen LogP contribution in [0.1, 0.15) is 34.5 Å². The average molecular weight is 179 g/mol. The lowest BCUT2D eigenvalue weighted by Gasteiger charge is -2.13. The zero-order valence-corrected chi connectivity index (χ0v) is 8.36. The van der Waals surface area contributed by atoms with E-state index in [2.05, 4.69) is 6.92 Å². The molecule has 2 atom stereocenters. The third kappa shape index (κ3) is 3.97. The van der Waals surface area contributed by atoms with E-state index in [1.54, 1.807) is 0 Å². The van der Waals surface area contributed by atoms with E-state index in [4.69, 9.17) is 6.11 Å². The molecule has 0 spiro atoms. The summed E-state index contributed by atoms with van der Waals surface area (Å²) in [6.07, 6.45) is 1.78. The number of benzene rings is 1. The quantitative estimate of drug-likeness (QED) is 0.670. The smallest absolute Gasteiger partial charge is 0.119 e. The van der Waals surface area contributed by atoms with Crippen molar-refractivity contribution >= 4 is 0 Å². The molecule has 0 aromatic heterocycles. The van der Waals surface area contributed by atoms with Gasteiger partial charge in [0.25, 0.3) is 0 Å². The Morgan fingerprint density at radius 1 is 1.38 bits per heavy atom. The standard InChI is InChI=1S/C12H18O/c1-3-4-8-11(2)13-12-9-6-5-7-10-12/h5-7,9-11H,3-4,8H2,1-2H3/t11-/m1/s1/i8D/t8-,11+/m0. The summed E-state index contributed by atoms with van der Waals surface area (Å²) < 4.78 is 13.4. The molecular weight excluding hydrogens is 160 g/mol. The maximum Gasteiger partial charge on any atom is 0.119 e. The molecule has 13 heavy (non-hydrogen) atoms. The van der Waals surface area contributed by atoms with Crippen molar-refractivity contribution in [2.45, 2.75) is 39.2 Å². The van der Waals surface area contributed by atoms with E-state index < -0.39 is 0 Å². The highest BCUT2D eigenvalue weighted by Crippen LogP contribution is 2.13. The highest BCUT2D eigenvalue weighted by atomic mass is 16.5. The van der Waals surface area contributed by atoms with Crippen LogP contribution in [0, 0.1) is 0 Å². The number of para-hydroxylation sites is 1. The van der Waals surface area contributed by atoms with Crippen LogP contribution in [0.25, 0.3) is 0 Å². The van der Waals surface area contributed by atoms with Crippen LogP contribution in [-0.2, 0) is 0 Å². The van der Waals surface area contributed by atoms with Crippen LogP contribution in [-0.4, -0.2) is 6.10 Å². The fraction of sp³-hybridized carbons (Fsp3) is 0.500. The lowest BCUT2D eigenvalue weighted by molar-refractivity contribution is 0.207. The van der Waals surface area contributed by atoms with E-state index >= 15 is 0 Å². The molecule has 0 saturated carbocycles. The molecule has 0 aliphatic heterocycles. The highest BCUT2D eigenvalue weighted by Gasteiger charge is 2.01. The van der Waals surface area contributed by atoms with E-state index in [-0.39, 0.29) is 12.5 Å². The van der Waals surface area contributed by atoms with Crippen molar-refractivity contribution in [3.05, 3.63) is 30.3 Å². The summed E-state index contributed by atoms with van der Waals surface area (Å²) in [5, 5.41) is 0. The summed E-state index contributed by atoms with van der Waals surface area (Å²) in [6, 6.07) is 9.70. The Kier molecular flexibility index (Phi) is 3.73. The zero-order chi connectivity index (χ0) is 10.4. The fourth-order valence-corrected chi connectivity index (χ4v) is 1.16. The second kappa shape index (κ2) is 5.63. The van der Waals surface area contributed by atoms with Gasteiger partial charge >= 0.3 is 0 Å². The molecule has 0 aliphatic carbocycles. The molecule has 0 aliphatic rings. The normalized spacial score (nSPS) is 16.0. The second-order valence-corrected chi connectivity index (χ2v) is 3.16. The van der Waals surface area contributed by atoms with Crippen LogP contribution in [0.4, 0.5) is 0 Å². The Balaban J connectivity index is 2.44. The van der Waals surface area contributed by atoms with Crippen LogP contribution in [0.3, 0.4) is 0 Å². The molecule has 0 radical (unpaired) electrons. The summed E-state index contributed by atoms with van der Waals surface area (Å²) in [4.78, 5) is 0.